The van der Waals surface area contributed by atoms with Gasteiger partial charge in [-0.2, -0.15) is 0 Å². The SMILES string of the molecule is Cc1cccc(-n2c(CCCl)nc3c(C)cccc32)c1. The van der Waals surface area contributed by atoms with Gasteiger partial charge in [0.05, 0.1) is 11.0 Å². The summed E-state index contributed by atoms with van der Waals surface area (Å²) in [6.45, 7) is 4.20. The van der Waals surface area contributed by atoms with E-state index >= 15 is 0 Å². The van der Waals surface area contributed by atoms with Crippen LogP contribution in [0.5, 0.6) is 0 Å². The molecule has 2 aromatic carbocycles. The van der Waals surface area contributed by atoms with Gasteiger partial charge in [-0.1, -0.05) is 24.3 Å². The lowest BCUT2D eigenvalue weighted by Gasteiger charge is -2.09. The van der Waals surface area contributed by atoms with E-state index in [1.54, 1.807) is 0 Å². The Morgan fingerprint density at radius 1 is 1.10 bits per heavy atom. The number of hydrogen-bond donors (Lipinski definition) is 0. The molecule has 0 aliphatic rings. The molecule has 0 saturated heterocycles. The van der Waals surface area contributed by atoms with Gasteiger partial charge in [-0.25, -0.2) is 4.98 Å². The summed E-state index contributed by atoms with van der Waals surface area (Å²) in [7, 11) is 0. The summed E-state index contributed by atoms with van der Waals surface area (Å²) < 4.78 is 2.22. The summed E-state index contributed by atoms with van der Waals surface area (Å²) in [5.41, 5.74) is 5.81. The van der Waals surface area contributed by atoms with Gasteiger partial charge in [-0.3, -0.25) is 4.57 Å². The molecule has 0 N–H and O–H groups in total. The molecule has 0 radical (unpaired) electrons. The Kier molecular flexibility index (Phi) is 3.49. The lowest BCUT2D eigenvalue weighted by molar-refractivity contribution is 0.911. The monoisotopic (exact) mass is 284 g/mol. The fraction of sp³-hybridized carbons (Fsp3) is 0.235. The van der Waals surface area contributed by atoms with Crippen molar-refractivity contribution in [2.75, 3.05) is 5.88 Å². The number of alkyl halides is 1. The number of para-hydroxylation sites is 1. The van der Waals surface area contributed by atoms with Crippen molar-refractivity contribution in [3.05, 3.63) is 59.4 Å². The van der Waals surface area contributed by atoms with Gasteiger partial charge in [0.25, 0.3) is 0 Å². The Morgan fingerprint density at radius 2 is 1.90 bits per heavy atom. The normalized spacial score (nSPS) is 11.2. The van der Waals surface area contributed by atoms with Crippen molar-refractivity contribution in [1.82, 2.24) is 9.55 Å². The van der Waals surface area contributed by atoms with Gasteiger partial charge in [-0.15, -0.1) is 11.6 Å². The second kappa shape index (κ2) is 5.29. The number of rotatable bonds is 3. The van der Waals surface area contributed by atoms with Crippen molar-refractivity contribution in [3.63, 3.8) is 0 Å². The summed E-state index contributed by atoms with van der Waals surface area (Å²) in [5.74, 6) is 1.60. The Labute approximate surface area is 124 Å². The van der Waals surface area contributed by atoms with Crippen LogP contribution in [-0.4, -0.2) is 15.4 Å². The molecule has 3 heteroatoms. The molecular weight excluding hydrogens is 268 g/mol. The van der Waals surface area contributed by atoms with E-state index in [1.807, 2.05) is 0 Å². The van der Waals surface area contributed by atoms with Gasteiger partial charge in [0.15, 0.2) is 0 Å². The minimum Gasteiger partial charge on any atom is -0.296 e. The van der Waals surface area contributed by atoms with Crippen molar-refractivity contribution in [1.29, 1.82) is 0 Å². The molecule has 1 heterocycles. The lowest BCUT2D eigenvalue weighted by atomic mass is 10.2. The maximum atomic E-state index is 5.94. The summed E-state index contributed by atoms with van der Waals surface area (Å²) >= 11 is 5.94. The standard InChI is InChI=1S/C17H17ClN2/c1-12-5-3-7-14(11-12)20-15-8-4-6-13(2)17(15)19-16(20)9-10-18/h3-8,11H,9-10H2,1-2H3. The van der Waals surface area contributed by atoms with E-state index < -0.39 is 0 Å². The molecule has 0 saturated carbocycles. The minimum absolute atomic E-state index is 0.578. The molecule has 0 fully saturated rings. The van der Waals surface area contributed by atoms with E-state index in [1.165, 1.54) is 11.1 Å². The van der Waals surface area contributed by atoms with Crippen LogP contribution >= 0.6 is 11.6 Å². The molecule has 20 heavy (non-hydrogen) atoms. The average Bonchev–Trinajstić information content (AvgIpc) is 2.79. The van der Waals surface area contributed by atoms with Crippen molar-refractivity contribution in [2.24, 2.45) is 0 Å². The molecule has 2 nitrogen and oxygen atoms in total. The summed E-state index contributed by atoms with van der Waals surface area (Å²) in [6, 6.07) is 14.8. The molecule has 1 aromatic heterocycles. The number of hydrogen-bond acceptors (Lipinski definition) is 1. The van der Waals surface area contributed by atoms with Crippen LogP contribution in [0, 0.1) is 13.8 Å². The molecule has 0 aliphatic heterocycles. The Morgan fingerprint density at radius 3 is 2.65 bits per heavy atom. The topological polar surface area (TPSA) is 17.8 Å². The maximum Gasteiger partial charge on any atom is 0.115 e. The molecule has 0 amide bonds. The predicted molar refractivity (Wildman–Crippen MR) is 85.0 cm³/mol. The van der Waals surface area contributed by atoms with Crippen molar-refractivity contribution < 1.29 is 0 Å². The molecule has 0 atom stereocenters. The zero-order valence-corrected chi connectivity index (χ0v) is 12.5. The van der Waals surface area contributed by atoms with Gasteiger partial charge in [0, 0.05) is 18.0 Å². The summed E-state index contributed by atoms with van der Waals surface area (Å²) in [5, 5.41) is 0. The third-order valence-corrected chi connectivity index (χ3v) is 3.72. The van der Waals surface area contributed by atoms with Gasteiger partial charge < -0.3 is 0 Å². The highest BCUT2D eigenvalue weighted by molar-refractivity contribution is 6.17. The number of aryl methyl sites for hydroxylation is 3. The van der Waals surface area contributed by atoms with Crippen molar-refractivity contribution in [3.8, 4) is 5.69 Å². The third kappa shape index (κ3) is 2.20. The second-order valence-corrected chi connectivity index (χ2v) is 5.46. The fourth-order valence-corrected chi connectivity index (χ4v) is 2.76. The molecule has 0 aliphatic carbocycles. The first-order valence-corrected chi connectivity index (χ1v) is 7.34. The first kappa shape index (κ1) is 13.2. The van der Waals surface area contributed by atoms with E-state index in [2.05, 4.69) is 60.9 Å². The molecule has 0 bridgehead atoms. The largest absolute Gasteiger partial charge is 0.296 e. The van der Waals surface area contributed by atoms with Gasteiger partial charge >= 0.3 is 0 Å². The number of fused-ring (bicyclic) bond motifs is 1. The second-order valence-electron chi connectivity index (χ2n) is 5.08. The number of imidazole rings is 1. The van der Waals surface area contributed by atoms with Crippen LogP contribution in [0.15, 0.2) is 42.5 Å². The number of nitrogens with zero attached hydrogens (tertiary/aromatic N) is 2. The van der Waals surface area contributed by atoms with Crippen LogP contribution in [0.3, 0.4) is 0 Å². The Balaban J connectivity index is 2.32. The Hall–Kier alpha value is -1.80. The van der Waals surface area contributed by atoms with E-state index in [0.29, 0.717) is 5.88 Å². The van der Waals surface area contributed by atoms with Crippen LogP contribution in [0.4, 0.5) is 0 Å². The highest BCUT2D eigenvalue weighted by Gasteiger charge is 2.13. The Bertz CT molecular complexity index is 759. The molecule has 3 aromatic rings. The number of halogens is 1. The van der Waals surface area contributed by atoms with Crippen LogP contribution in [0.25, 0.3) is 16.7 Å². The summed E-state index contributed by atoms with van der Waals surface area (Å²) in [6.07, 6.45) is 0.767. The van der Waals surface area contributed by atoms with Gasteiger partial charge in [0.2, 0.25) is 0 Å². The molecular formula is C17H17ClN2. The summed E-state index contributed by atoms with van der Waals surface area (Å²) in [4.78, 5) is 4.79. The first-order valence-electron chi connectivity index (χ1n) is 6.80. The third-order valence-electron chi connectivity index (χ3n) is 3.53. The van der Waals surface area contributed by atoms with Crippen LogP contribution in [-0.2, 0) is 6.42 Å². The highest BCUT2D eigenvalue weighted by Crippen LogP contribution is 2.24. The number of benzene rings is 2. The molecule has 3 rings (SSSR count). The molecule has 0 spiro atoms. The smallest absolute Gasteiger partial charge is 0.115 e. The van der Waals surface area contributed by atoms with Gasteiger partial charge in [0.1, 0.15) is 5.82 Å². The van der Waals surface area contributed by atoms with Crippen molar-refractivity contribution >= 4 is 22.6 Å². The number of aromatic nitrogens is 2. The van der Waals surface area contributed by atoms with E-state index in [4.69, 9.17) is 16.6 Å². The predicted octanol–water partition coefficient (Wildman–Crippen LogP) is 4.42. The van der Waals surface area contributed by atoms with E-state index in [-0.39, 0.29) is 0 Å². The van der Waals surface area contributed by atoms with E-state index in [9.17, 15) is 0 Å². The average molecular weight is 285 g/mol. The van der Waals surface area contributed by atoms with Gasteiger partial charge in [-0.05, 0) is 43.2 Å². The fourth-order valence-electron chi connectivity index (χ4n) is 2.59. The molecule has 102 valence electrons. The zero-order valence-electron chi connectivity index (χ0n) is 11.7. The zero-order chi connectivity index (χ0) is 14.1. The minimum atomic E-state index is 0.578. The lowest BCUT2D eigenvalue weighted by Crippen LogP contribution is -2.02. The first-order chi connectivity index (χ1) is 9.70. The van der Waals surface area contributed by atoms with Crippen LogP contribution in [0.2, 0.25) is 0 Å². The quantitative estimate of drug-likeness (QED) is 0.651. The van der Waals surface area contributed by atoms with Crippen LogP contribution in [0.1, 0.15) is 17.0 Å². The van der Waals surface area contributed by atoms with E-state index in [0.717, 1.165) is 29.0 Å². The maximum absolute atomic E-state index is 5.94. The highest BCUT2D eigenvalue weighted by atomic mass is 35.5. The van der Waals surface area contributed by atoms with Crippen molar-refractivity contribution in [2.45, 2.75) is 20.3 Å². The molecule has 0 unspecified atom stereocenters. The van der Waals surface area contributed by atoms with Crippen LogP contribution < -0.4 is 0 Å².